The minimum absolute atomic E-state index is 0.0312. The lowest BCUT2D eigenvalue weighted by Gasteiger charge is -2.02. The van der Waals surface area contributed by atoms with Crippen molar-refractivity contribution in [2.24, 2.45) is 11.1 Å². The number of halogens is 1. The SMILES string of the molecule is C[C@H](CCl)CS(N)(=O)=O. The molecule has 0 aromatic rings. The van der Waals surface area contributed by atoms with E-state index in [1.807, 2.05) is 0 Å². The number of nitrogens with two attached hydrogens (primary N) is 1. The van der Waals surface area contributed by atoms with Crippen molar-refractivity contribution >= 4 is 21.6 Å². The Hall–Kier alpha value is 0.200. The third-order valence-electron chi connectivity index (χ3n) is 0.780. The summed E-state index contributed by atoms with van der Waals surface area (Å²) in [6, 6.07) is 0. The van der Waals surface area contributed by atoms with Crippen LogP contribution in [0.2, 0.25) is 0 Å². The summed E-state index contributed by atoms with van der Waals surface area (Å²) in [5.74, 6) is 0.245. The van der Waals surface area contributed by atoms with Crippen molar-refractivity contribution in [2.75, 3.05) is 11.6 Å². The standard InChI is InChI=1S/C4H10ClNO2S/c1-4(2-5)3-9(6,7)8/h4H,2-3H2,1H3,(H2,6,7,8)/t4-/m1/s1. The molecule has 0 fully saturated rings. The van der Waals surface area contributed by atoms with Crippen LogP contribution in [-0.2, 0) is 10.0 Å². The average molecular weight is 172 g/mol. The van der Waals surface area contributed by atoms with Gasteiger partial charge >= 0.3 is 0 Å². The molecule has 0 aromatic carbocycles. The molecule has 2 N–H and O–H groups in total. The minimum Gasteiger partial charge on any atom is -0.229 e. The molecule has 0 unspecified atom stereocenters. The van der Waals surface area contributed by atoms with E-state index in [9.17, 15) is 8.42 Å². The van der Waals surface area contributed by atoms with E-state index >= 15 is 0 Å². The van der Waals surface area contributed by atoms with Crippen molar-refractivity contribution in [1.82, 2.24) is 0 Å². The molecule has 0 radical (unpaired) electrons. The van der Waals surface area contributed by atoms with Crippen LogP contribution >= 0.6 is 11.6 Å². The first-order valence-electron chi connectivity index (χ1n) is 2.52. The Morgan fingerprint density at radius 1 is 1.67 bits per heavy atom. The van der Waals surface area contributed by atoms with Crippen molar-refractivity contribution in [3.05, 3.63) is 0 Å². The summed E-state index contributed by atoms with van der Waals surface area (Å²) >= 11 is 5.34. The van der Waals surface area contributed by atoms with Gasteiger partial charge in [0.15, 0.2) is 0 Å². The van der Waals surface area contributed by atoms with Crippen LogP contribution in [0.15, 0.2) is 0 Å². The molecule has 0 heterocycles. The molecule has 9 heavy (non-hydrogen) atoms. The molecular formula is C4H10ClNO2S. The molecule has 1 atom stereocenters. The van der Waals surface area contributed by atoms with Crippen LogP contribution < -0.4 is 5.14 Å². The third-order valence-corrected chi connectivity index (χ3v) is 2.34. The maximum absolute atomic E-state index is 10.3. The summed E-state index contributed by atoms with van der Waals surface area (Å²) in [6.07, 6.45) is 0. The maximum Gasteiger partial charge on any atom is 0.209 e. The molecule has 5 heteroatoms. The van der Waals surface area contributed by atoms with Gasteiger partial charge in [-0.3, -0.25) is 0 Å². The molecular weight excluding hydrogens is 162 g/mol. The highest BCUT2D eigenvalue weighted by Crippen LogP contribution is 1.99. The largest absolute Gasteiger partial charge is 0.229 e. The molecule has 0 aliphatic rings. The van der Waals surface area contributed by atoms with Crippen molar-refractivity contribution in [3.8, 4) is 0 Å². The summed E-state index contributed by atoms with van der Waals surface area (Å²) < 4.78 is 20.6. The molecule has 0 saturated heterocycles. The third kappa shape index (κ3) is 6.08. The summed E-state index contributed by atoms with van der Waals surface area (Å²) in [7, 11) is -3.32. The summed E-state index contributed by atoms with van der Waals surface area (Å²) in [5, 5.41) is 4.73. The fourth-order valence-corrected chi connectivity index (χ4v) is 1.59. The van der Waals surface area contributed by atoms with Gasteiger partial charge in [0, 0.05) is 5.88 Å². The van der Waals surface area contributed by atoms with Crippen LogP contribution in [0.25, 0.3) is 0 Å². The first kappa shape index (κ1) is 9.20. The van der Waals surface area contributed by atoms with E-state index in [-0.39, 0.29) is 11.7 Å². The highest BCUT2D eigenvalue weighted by atomic mass is 35.5. The number of hydrogen-bond donors (Lipinski definition) is 1. The molecule has 0 spiro atoms. The van der Waals surface area contributed by atoms with Gasteiger partial charge in [0.25, 0.3) is 0 Å². The van der Waals surface area contributed by atoms with Crippen LogP contribution in [0, 0.1) is 5.92 Å². The molecule has 0 aliphatic carbocycles. The highest BCUT2D eigenvalue weighted by Gasteiger charge is 2.08. The fourth-order valence-electron chi connectivity index (χ4n) is 0.441. The van der Waals surface area contributed by atoms with Crippen LogP contribution in [0.1, 0.15) is 6.92 Å². The minimum atomic E-state index is -3.32. The fraction of sp³-hybridized carbons (Fsp3) is 1.00. The quantitative estimate of drug-likeness (QED) is 0.615. The molecule has 0 amide bonds. The number of primary sulfonamides is 1. The maximum atomic E-state index is 10.3. The Balaban J connectivity index is 3.75. The lowest BCUT2D eigenvalue weighted by Crippen LogP contribution is -2.22. The van der Waals surface area contributed by atoms with Gasteiger partial charge in [-0.25, -0.2) is 13.6 Å². The first-order valence-corrected chi connectivity index (χ1v) is 4.77. The molecule has 0 rings (SSSR count). The zero-order valence-electron chi connectivity index (χ0n) is 5.17. The predicted octanol–water partition coefficient (Wildman–Crippen LogP) is 0.150. The second-order valence-corrected chi connectivity index (χ2v) is 4.06. The summed E-state index contributed by atoms with van der Waals surface area (Å²) in [4.78, 5) is 0. The van der Waals surface area contributed by atoms with E-state index in [0.717, 1.165) is 0 Å². The van der Waals surface area contributed by atoms with Crippen LogP contribution in [-0.4, -0.2) is 20.1 Å². The lowest BCUT2D eigenvalue weighted by atomic mass is 10.3. The van der Waals surface area contributed by atoms with E-state index in [2.05, 4.69) is 0 Å². The number of sulfonamides is 1. The Morgan fingerprint density at radius 3 is 2.22 bits per heavy atom. The van der Waals surface area contributed by atoms with Gasteiger partial charge in [-0.2, -0.15) is 0 Å². The van der Waals surface area contributed by atoms with Gasteiger partial charge in [0.1, 0.15) is 0 Å². The van der Waals surface area contributed by atoms with Crippen molar-refractivity contribution in [1.29, 1.82) is 0 Å². The summed E-state index contributed by atoms with van der Waals surface area (Å²) in [5.41, 5.74) is 0. The van der Waals surface area contributed by atoms with E-state index in [1.54, 1.807) is 6.92 Å². The zero-order valence-corrected chi connectivity index (χ0v) is 6.74. The van der Waals surface area contributed by atoms with Gasteiger partial charge in [0.2, 0.25) is 10.0 Å². The van der Waals surface area contributed by atoms with Gasteiger partial charge < -0.3 is 0 Å². The first-order chi connectivity index (χ1) is 3.95. The predicted molar refractivity (Wildman–Crippen MR) is 37.9 cm³/mol. The Labute approximate surface area is 60.2 Å². The van der Waals surface area contributed by atoms with Crippen LogP contribution in [0.4, 0.5) is 0 Å². The van der Waals surface area contributed by atoms with Crippen molar-refractivity contribution in [3.63, 3.8) is 0 Å². The van der Waals surface area contributed by atoms with E-state index in [0.29, 0.717) is 5.88 Å². The van der Waals surface area contributed by atoms with Crippen LogP contribution in [0.3, 0.4) is 0 Å². The van der Waals surface area contributed by atoms with Crippen molar-refractivity contribution < 1.29 is 8.42 Å². The number of hydrogen-bond acceptors (Lipinski definition) is 2. The Kier molecular flexibility index (Phi) is 3.46. The molecule has 0 bridgehead atoms. The average Bonchev–Trinajstić information content (AvgIpc) is 1.62. The molecule has 0 saturated carbocycles. The smallest absolute Gasteiger partial charge is 0.209 e. The van der Waals surface area contributed by atoms with E-state index in [1.165, 1.54) is 0 Å². The van der Waals surface area contributed by atoms with Crippen molar-refractivity contribution in [2.45, 2.75) is 6.92 Å². The van der Waals surface area contributed by atoms with E-state index in [4.69, 9.17) is 16.7 Å². The molecule has 3 nitrogen and oxygen atoms in total. The molecule has 56 valence electrons. The van der Waals surface area contributed by atoms with E-state index < -0.39 is 10.0 Å². The summed E-state index contributed by atoms with van der Waals surface area (Å²) in [6.45, 7) is 1.73. The van der Waals surface area contributed by atoms with Gasteiger partial charge in [-0.1, -0.05) is 6.92 Å². The Morgan fingerprint density at radius 2 is 2.11 bits per heavy atom. The second-order valence-electron chi connectivity index (χ2n) is 2.09. The normalized spacial score (nSPS) is 15.4. The van der Waals surface area contributed by atoms with Crippen LogP contribution in [0.5, 0.6) is 0 Å². The lowest BCUT2D eigenvalue weighted by molar-refractivity contribution is 0.585. The Bertz CT molecular complexity index is 165. The van der Waals surface area contributed by atoms with Gasteiger partial charge in [0.05, 0.1) is 5.75 Å². The topological polar surface area (TPSA) is 60.2 Å². The zero-order chi connectivity index (χ0) is 7.49. The highest BCUT2D eigenvalue weighted by molar-refractivity contribution is 7.89. The van der Waals surface area contributed by atoms with Gasteiger partial charge in [-0.05, 0) is 5.92 Å². The monoisotopic (exact) mass is 171 g/mol. The number of rotatable bonds is 3. The van der Waals surface area contributed by atoms with Gasteiger partial charge in [-0.15, -0.1) is 11.6 Å². The molecule has 0 aliphatic heterocycles. The number of alkyl halides is 1. The molecule has 0 aromatic heterocycles. The second kappa shape index (κ2) is 3.39.